The third kappa shape index (κ3) is 1.57. The molecule has 0 saturated heterocycles. The highest BCUT2D eigenvalue weighted by Crippen LogP contribution is 2.57. The highest BCUT2D eigenvalue weighted by Gasteiger charge is 2.55. The predicted molar refractivity (Wildman–Crippen MR) is 70.6 cm³/mol. The van der Waals surface area contributed by atoms with Gasteiger partial charge in [0.1, 0.15) is 0 Å². The van der Waals surface area contributed by atoms with Gasteiger partial charge in [0.25, 0.3) is 0 Å². The van der Waals surface area contributed by atoms with Crippen molar-refractivity contribution in [3.8, 4) is 6.07 Å². The van der Waals surface area contributed by atoms with Crippen molar-refractivity contribution in [2.75, 3.05) is 0 Å². The fourth-order valence-electron chi connectivity index (χ4n) is 4.38. The van der Waals surface area contributed by atoms with Crippen molar-refractivity contribution in [3.63, 3.8) is 0 Å². The Labute approximate surface area is 109 Å². The molecule has 0 radical (unpaired) electrons. The van der Waals surface area contributed by atoms with Crippen molar-refractivity contribution in [1.82, 2.24) is 0 Å². The van der Waals surface area contributed by atoms with E-state index in [1.54, 1.807) is 0 Å². The fraction of sp³-hybridized carbons (Fsp3) is 0.688. The summed E-state index contributed by atoms with van der Waals surface area (Å²) in [5.74, 6) is 0.0509. The Balaban J connectivity index is 2.15. The van der Waals surface area contributed by atoms with Crippen LogP contribution in [0.4, 0.5) is 0 Å². The molecule has 3 aliphatic rings. The molecule has 0 aromatic carbocycles. The van der Waals surface area contributed by atoms with Gasteiger partial charge in [0.2, 0.25) is 0 Å². The quantitative estimate of drug-likeness (QED) is 0.707. The van der Waals surface area contributed by atoms with Crippen molar-refractivity contribution in [2.24, 2.45) is 11.3 Å². The molecular weight excluding hydrogens is 222 g/mol. The lowest BCUT2D eigenvalue weighted by Crippen LogP contribution is -2.52. The largest absolute Gasteiger partial charge is 0.389 e. The highest BCUT2D eigenvalue weighted by molar-refractivity contribution is 5.37. The van der Waals surface area contributed by atoms with E-state index in [9.17, 15) is 10.4 Å². The molecular formula is C16H21NO. The van der Waals surface area contributed by atoms with E-state index >= 15 is 0 Å². The molecule has 0 aromatic rings. The number of aliphatic hydroxyl groups is 1. The molecule has 18 heavy (non-hydrogen) atoms. The minimum Gasteiger partial charge on any atom is -0.389 e. The van der Waals surface area contributed by atoms with Crippen molar-refractivity contribution in [3.05, 3.63) is 23.3 Å². The Bertz CT molecular complexity index is 470. The summed E-state index contributed by atoms with van der Waals surface area (Å²) in [5.41, 5.74) is 1.64. The molecule has 0 spiro atoms. The smallest absolute Gasteiger partial charge is 0.0734 e. The van der Waals surface area contributed by atoms with Crippen LogP contribution in [0.2, 0.25) is 0 Å². The molecule has 3 rings (SSSR count). The molecule has 1 saturated carbocycles. The summed E-state index contributed by atoms with van der Waals surface area (Å²) < 4.78 is 0. The summed E-state index contributed by atoms with van der Waals surface area (Å²) in [6, 6.07) is 2.60. The first-order valence-electron chi connectivity index (χ1n) is 7.11. The van der Waals surface area contributed by atoms with E-state index in [1.807, 2.05) is 0 Å². The summed E-state index contributed by atoms with van der Waals surface area (Å²) in [6.45, 7) is 2.15. The van der Waals surface area contributed by atoms with E-state index in [-0.39, 0.29) is 11.3 Å². The third-order valence-corrected chi connectivity index (χ3v) is 5.21. The van der Waals surface area contributed by atoms with Crippen molar-refractivity contribution < 1.29 is 5.11 Å². The van der Waals surface area contributed by atoms with Gasteiger partial charge in [0.05, 0.1) is 17.1 Å². The molecule has 0 amide bonds. The number of hydrogen-bond donors (Lipinski definition) is 1. The zero-order valence-corrected chi connectivity index (χ0v) is 11.1. The van der Waals surface area contributed by atoms with Crippen LogP contribution in [0.25, 0.3) is 0 Å². The third-order valence-electron chi connectivity index (χ3n) is 5.21. The SMILES string of the molecule is CC1=CC2=CCC[C@]3(O)CCC[C@@](C#N)(CC1)[C@@H]23. The minimum absolute atomic E-state index is 0.0509. The van der Waals surface area contributed by atoms with Crippen LogP contribution in [-0.4, -0.2) is 10.7 Å². The van der Waals surface area contributed by atoms with E-state index in [4.69, 9.17) is 0 Å². The van der Waals surface area contributed by atoms with Gasteiger partial charge in [-0.1, -0.05) is 17.7 Å². The molecule has 1 N–H and O–H groups in total. The van der Waals surface area contributed by atoms with E-state index in [0.29, 0.717) is 0 Å². The minimum atomic E-state index is -0.626. The van der Waals surface area contributed by atoms with Crippen molar-refractivity contribution >= 4 is 0 Å². The molecule has 0 bridgehead atoms. The molecule has 3 aliphatic carbocycles. The molecule has 2 heteroatoms. The Hall–Kier alpha value is -1.07. The van der Waals surface area contributed by atoms with Gasteiger partial charge in [-0.2, -0.15) is 5.26 Å². The van der Waals surface area contributed by atoms with E-state index < -0.39 is 5.60 Å². The first-order chi connectivity index (χ1) is 8.60. The standard InChI is InChI=1S/C16H21NO/c1-12-5-9-15(11-17)6-3-8-16(18)7-2-4-13(10-12)14(15)16/h4,10,14,18H,2-3,5-9H2,1H3/t14-,15+,16+/m1/s1. The zero-order valence-electron chi connectivity index (χ0n) is 11.1. The van der Waals surface area contributed by atoms with Crippen LogP contribution in [0.5, 0.6) is 0 Å². The summed E-state index contributed by atoms with van der Waals surface area (Å²) in [4.78, 5) is 0. The van der Waals surface area contributed by atoms with Crippen LogP contribution < -0.4 is 0 Å². The van der Waals surface area contributed by atoms with Crippen LogP contribution in [0, 0.1) is 22.7 Å². The average Bonchev–Trinajstić information content (AvgIpc) is 2.49. The number of allylic oxidation sites excluding steroid dienone is 3. The lowest BCUT2D eigenvalue weighted by atomic mass is 9.54. The summed E-state index contributed by atoms with van der Waals surface area (Å²) in [5, 5.41) is 20.7. The predicted octanol–water partition coefficient (Wildman–Crippen LogP) is 3.49. The normalized spacial score (nSPS) is 43.1. The Morgan fingerprint density at radius 3 is 2.94 bits per heavy atom. The second-order valence-corrected chi connectivity index (χ2v) is 6.39. The van der Waals surface area contributed by atoms with Crippen LogP contribution >= 0.6 is 0 Å². The summed E-state index contributed by atoms with van der Waals surface area (Å²) in [7, 11) is 0. The molecule has 96 valence electrons. The van der Waals surface area contributed by atoms with Crippen LogP contribution in [0.15, 0.2) is 23.3 Å². The first-order valence-corrected chi connectivity index (χ1v) is 7.11. The highest BCUT2D eigenvalue weighted by atomic mass is 16.3. The maximum Gasteiger partial charge on any atom is 0.0734 e. The Morgan fingerprint density at radius 2 is 2.17 bits per heavy atom. The van der Waals surface area contributed by atoms with E-state index in [1.165, 1.54) is 11.1 Å². The lowest BCUT2D eigenvalue weighted by Gasteiger charge is -2.51. The molecule has 2 nitrogen and oxygen atoms in total. The van der Waals surface area contributed by atoms with Crippen LogP contribution in [0.3, 0.4) is 0 Å². The van der Waals surface area contributed by atoms with Gasteiger partial charge >= 0.3 is 0 Å². The van der Waals surface area contributed by atoms with Gasteiger partial charge in [-0.15, -0.1) is 0 Å². The zero-order chi connectivity index (χ0) is 12.8. The summed E-state index contributed by atoms with van der Waals surface area (Å²) in [6.07, 6.45) is 11.0. The lowest BCUT2D eigenvalue weighted by molar-refractivity contribution is -0.0882. The second kappa shape index (κ2) is 3.96. The Morgan fingerprint density at radius 1 is 1.33 bits per heavy atom. The monoisotopic (exact) mass is 243 g/mol. The van der Waals surface area contributed by atoms with Crippen molar-refractivity contribution in [1.29, 1.82) is 5.26 Å². The molecule has 0 aliphatic heterocycles. The van der Waals surface area contributed by atoms with Crippen LogP contribution in [0.1, 0.15) is 51.9 Å². The Kier molecular flexibility index (Phi) is 2.64. The number of hydrogen-bond acceptors (Lipinski definition) is 2. The molecule has 0 heterocycles. The maximum absolute atomic E-state index is 11.0. The van der Waals surface area contributed by atoms with E-state index in [0.717, 1.165) is 44.9 Å². The molecule has 0 unspecified atom stereocenters. The number of rotatable bonds is 0. The van der Waals surface area contributed by atoms with E-state index in [2.05, 4.69) is 25.1 Å². The maximum atomic E-state index is 11.0. The second-order valence-electron chi connectivity index (χ2n) is 6.39. The molecule has 0 aromatic heterocycles. The van der Waals surface area contributed by atoms with Gasteiger partial charge in [-0.25, -0.2) is 0 Å². The van der Waals surface area contributed by atoms with Crippen molar-refractivity contribution in [2.45, 2.75) is 57.5 Å². The molecule has 3 atom stereocenters. The number of nitrogens with zero attached hydrogens (tertiary/aromatic N) is 1. The molecule has 1 fully saturated rings. The first kappa shape index (κ1) is 12.0. The van der Waals surface area contributed by atoms with Gasteiger partial charge in [-0.3, -0.25) is 0 Å². The van der Waals surface area contributed by atoms with Crippen LogP contribution in [-0.2, 0) is 0 Å². The average molecular weight is 243 g/mol. The van der Waals surface area contributed by atoms with Gasteiger partial charge in [-0.05, 0) is 57.4 Å². The van der Waals surface area contributed by atoms with Gasteiger partial charge in [0, 0.05) is 5.92 Å². The topological polar surface area (TPSA) is 44.0 Å². The summed E-state index contributed by atoms with van der Waals surface area (Å²) >= 11 is 0. The fourth-order valence-corrected chi connectivity index (χ4v) is 4.38. The van der Waals surface area contributed by atoms with Gasteiger partial charge in [0.15, 0.2) is 0 Å². The van der Waals surface area contributed by atoms with Gasteiger partial charge < -0.3 is 5.11 Å². The number of nitriles is 1.